The smallest absolute Gasteiger partial charge is 0.338 e. The van der Waals surface area contributed by atoms with Gasteiger partial charge in [0.05, 0.1) is 12.2 Å². The van der Waals surface area contributed by atoms with Gasteiger partial charge >= 0.3 is 5.97 Å². The molecule has 2 heterocycles. The molecule has 8 heteroatoms. The summed E-state index contributed by atoms with van der Waals surface area (Å²) >= 11 is 1.55. The first-order valence-corrected chi connectivity index (χ1v) is 10.7. The Balaban J connectivity index is 2.02. The van der Waals surface area contributed by atoms with Crippen molar-refractivity contribution >= 4 is 23.7 Å². The number of benzene rings is 1. The third-order valence-corrected chi connectivity index (χ3v) is 5.05. The van der Waals surface area contributed by atoms with Crippen LogP contribution in [0.15, 0.2) is 53.3 Å². The van der Waals surface area contributed by atoms with Gasteiger partial charge < -0.3 is 14.8 Å². The highest BCUT2D eigenvalue weighted by atomic mass is 32.2. The van der Waals surface area contributed by atoms with Gasteiger partial charge in [-0.3, -0.25) is 0 Å². The molecule has 29 heavy (non-hydrogen) atoms. The van der Waals surface area contributed by atoms with Gasteiger partial charge in [-0.05, 0) is 36.8 Å². The Bertz CT molecular complexity index is 905. The summed E-state index contributed by atoms with van der Waals surface area (Å²) in [6.07, 6.45) is 2.49. The number of anilines is 1. The van der Waals surface area contributed by atoms with E-state index < -0.39 is 12.0 Å². The second-order valence-electron chi connectivity index (χ2n) is 6.47. The van der Waals surface area contributed by atoms with Crippen LogP contribution in [0, 0.1) is 0 Å². The van der Waals surface area contributed by atoms with Crippen molar-refractivity contribution in [1.82, 2.24) is 14.8 Å². The molecule has 1 aromatic carbocycles. The van der Waals surface area contributed by atoms with Crippen molar-refractivity contribution in [3.63, 3.8) is 0 Å². The fraction of sp³-hybridized carbons (Fsp3) is 0.381. The molecule has 3 rings (SSSR count). The van der Waals surface area contributed by atoms with Crippen LogP contribution >= 0.6 is 11.8 Å². The van der Waals surface area contributed by atoms with E-state index in [1.807, 2.05) is 38.1 Å². The van der Waals surface area contributed by atoms with Crippen LogP contribution in [0.2, 0.25) is 0 Å². The van der Waals surface area contributed by atoms with Gasteiger partial charge in [-0.15, -0.1) is 5.10 Å². The van der Waals surface area contributed by atoms with Gasteiger partial charge in [-0.1, -0.05) is 50.4 Å². The van der Waals surface area contributed by atoms with Crippen molar-refractivity contribution in [3.05, 3.63) is 53.8 Å². The molecule has 1 aliphatic rings. The maximum Gasteiger partial charge on any atom is 0.338 e. The molecular weight excluding hydrogens is 388 g/mol. The number of nitrogens with zero attached hydrogens (tertiary/aromatic N) is 3. The summed E-state index contributed by atoms with van der Waals surface area (Å²) in [4.78, 5) is 17.4. The minimum Gasteiger partial charge on any atom is -0.494 e. The largest absolute Gasteiger partial charge is 0.494 e. The second kappa shape index (κ2) is 9.65. The molecule has 0 radical (unpaired) electrons. The standard InChI is InChI=1S/C21H26N4O3S/c1-5-12-27-16-10-8-15(9-11-16)18-17(19(26)28-13-6-2)14(4)22-20-23-21(29-7-3)24-25(18)20/h6,8-11,18H,2,5,7,12-13H2,1,3-4H3,(H,22,23,24). The monoisotopic (exact) mass is 414 g/mol. The average Bonchev–Trinajstić information content (AvgIpc) is 3.12. The first-order valence-electron chi connectivity index (χ1n) is 9.66. The lowest BCUT2D eigenvalue weighted by Crippen LogP contribution is -2.29. The molecule has 0 amide bonds. The Kier molecular flexibility index (Phi) is 6.98. The Hall–Kier alpha value is -2.74. The van der Waals surface area contributed by atoms with E-state index in [1.165, 1.54) is 0 Å². The molecule has 1 aliphatic heterocycles. The van der Waals surface area contributed by atoms with Gasteiger partial charge in [0.25, 0.3) is 0 Å². The summed E-state index contributed by atoms with van der Waals surface area (Å²) in [5.41, 5.74) is 2.10. The molecule has 0 spiro atoms. The van der Waals surface area contributed by atoms with E-state index in [0.717, 1.165) is 23.5 Å². The number of carbonyl (C=O) groups excluding carboxylic acids is 1. The molecule has 1 N–H and O–H groups in total. The van der Waals surface area contributed by atoms with Crippen LogP contribution in [-0.4, -0.2) is 39.7 Å². The van der Waals surface area contributed by atoms with Crippen molar-refractivity contribution in [1.29, 1.82) is 0 Å². The number of hydrogen-bond acceptors (Lipinski definition) is 7. The third kappa shape index (κ3) is 4.64. The van der Waals surface area contributed by atoms with Crippen LogP contribution in [-0.2, 0) is 9.53 Å². The van der Waals surface area contributed by atoms with Crippen molar-refractivity contribution < 1.29 is 14.3 Å². The predicted octanol–water partition coefficient (Wildman–Crippen LogP) is 4.20. The first-order chi connectivity index (χ1) is 14.1. The zero-order valence-electron chi connectivity index (χ0n) is 17.0. The summed E-state index contributed by atoms with van der Waals surface area (Å²) in [5.74, 6) is 1.85. The van der Waals surface area contributed by atoms with Crippen molar-refractivity contribution in [2.75, 3.05) is 24.3 Å². The molecule has 2 aromatic rings. The minimum absolute atomic E-state index is 0.146. The molecule has 0 saturated carbocycles. The zero-order chi connectivity index (χ0) is 20.8. The lowest BCUT2D eigenvalue weighted by Gasteiger charge is -2.28. The fourth-order valence-corrected chi connectivity index (χ4v) is 3.63. The molecular formula is C21H26N4O3S. The highest BCUT2D eigenvalue weighted by molar-refractivity contribution is 7.99. The number of allylic oxidation sites excluding steroid dienone is 1. The molecule has 7 nitrogen and oxygen atoms in total. The lowest BCUT2D eigenvalue weighted by atomic mass is 9.96. The van der Waals surface area contributed by atoms with E-state index in [0.29, 0.717) is 29.0 Å². The molecule has 1 atom stereocenters. The number of carbonyl (C=O) groups is 1. The molecule has 0 saturated heterocycles. The number of nitrogens with one attached hydrogen (secondary N) is 1. The average molecular weight is 415 g/mol. The lowest BCUT2D eigenvalue weighted by molar-refractivity contribution is -0.138. The summed E-state index contributed by atoms with van der Waals surface area (Å²) in [7, 11) is 0. The highest BCUT2D eigenvalue weighted by Crippen LogP contribution is 2.37. The highest BCUT2D eigenvalue weighted by Gasteiger charge is 2.35. The van der Waals surface area contributed by atoms with E-state index in [4.69, 9.17) is 9.47 Å². The summed E-state index contributed by atoms with van der Waals surface area (Å²) < 4.78 is 12.8. The van der Waals surface area contributed by atoms with Crippen LogP contribution in [0.5, 0.6) is 5.75 Å². The molecule has 0 fully saturated rings. The van der Waals surface area contributed by atoms with Crippen LogP contribution < -0.4 is 10.1 Å². The molecule has 154 valence electrons. The predicted molar refractivity (Wildman–Crippen MR) is 114 cm³/mol. The Morgan fingerprint density at radius 1 is 1.34 bits per heavy atom. The van der Waals surface area contributed by atoms with Crippen LogP contribution in [0.25, 0.3) is 0 Å². The normalized spacial score (nSPS) is 15.5. The van der Waals surface area contributed by atoms with Crippen molar-refractivity contribution in [2.24, 2.45) is 0 Å². The molecule has 1 aromatic heterocycles. The topological polar surface area (TPSA) is 78.3 Å². The number of thioether (sulfide) groups is 1. The number of ether oxygens (including phenoxy) is 2. The van der Waals surface area contributed by atoms with E-state index in [1.54, 1.807) is 22.5 Å². The Morgan fingerprint density at radius 3 is 2.76 bits per heavy atom. The van der Waals surface area contributed by atoms with Crippen molar-refractivity contribution in [3.8, 4) is 5.75 Å². The first kappa shape index (κ1) is 21.0. The van der Waals surface area contributed by atoms with Gasteiger partial charge in [0, 0.05) is 5.70 Å². The Labute approximate surface area is 175 Å². The quantitative estimate of drug-likeness (QED) is 0.374. The minimum atomic E-state index is -0.442. The van der Waals surface area contributed by atoms with Crippen LogP contribution in [0.1, 0.15) is 38.8 Å². The van der Waals surface area contributed by atoms with Crippen LogP contribution in [0.3, 0.4) is 0 Å². The third-order valence-electron chi connectivity index (χ3n) is 4.33. The number of hydrogen-bond donors (Lipinski definition) is 1. The zero-order valence-corrected chi connectivity index (χ0v) is 17.8. The van der Waals surface area contributed by atoms with Gasteiger partial charge in [-0.25, -0.2) is 9.48 Å². The van der Waals surface area contributed by atoms with E-state index >= 15 is 0 Å². The van der Waals surface area contributed by atoms with E-state index in [2.05, 4.69) is 28.9 Å². The molecule has 0 bridgehead atoms. The SMILES string of the molecule is C=CCOC(=O)C1=C(C)Nc2nc(SCC)nn2C1c1ccc(OCCC)cc1. The second-order valence-corrected chi connectivity index (χ2v) is 7.70. The maximum atomic E-state index is 12.8. The Morgan fingerprint density at radius 2 is 2.10 bits per heavy atom. The summed E-state index contributed by atoms with van der Waals surface area (Å²) in [6.45, 7) is 10.4. The number of rotatable bonds is 9. The number of aromatic nitrogens is 3. The fourth-order valence-electron chi connectivity index (χ4n) is 3.07. The van der Waals surface area contributed by atoms with Gasteiger partial charge in [-0.2, -0.15) is 4.98 Å². The van der Waals surface area contributed by atoms with Crippen molar-refractivity contribution in [2.45, 2.75) is 38.4 Å². The van der Waals surface area contributed by atoms with E-state index in [-0.39, 0.29) is 6.61 Å². The van der Waals surface area contributed by atoms with Gasteiger partial charge in [0.1, 0.15) is 18.4 Å². The van der Waals surface area contributed by atoms with Gasteiger partial charge in [0.2, 0.25) is 11.1 Å². The number of fused-ring (bicyclic) bond motifs is 1. The molecule has 1 unspecified atom stereocenters. The van der Waals surface area contributed by atoms with Gasteiger partial charge in [0.15, 0.2) is 0 Å². The summed E-state index contributed by atoms with van der Waals surface area (Å²) in [6, 6.07) is 7.28. The van der Waals surface area contributed by atoms with Crippen LogP contribution in [0.4, 0.5) is 5.95 Å². The molecule has 0 aliphatic carbocycles. The van der Waals surface area contributed by atoms with E-state index in [9.17, 15) is 4.79 Å². The maximum absolute atomic E-state index is 12.8. The summed E-state index contributed by atoms with van der Waals surface area (Å²) in [5, 5.41) is 8.48. The number of esters is 1.